The predicted octanol–water partition coefficient (Wildman–Crippen LogP) is 0.538. The zero-order chi connectivity index (χ0) is 30.8. The number of hydrogen-bond donors (Lipinski definition) is 7. The molecule has 0 bridgehead atoms. The minimum atomic E-state index is -1.38. The highest BCUT2D eigenvalue weighted by molar-refractivity contribution is 6.40. The zero-order valence-corrected chi connectivity index (χ0v) is 24.4. The molecule has 15 heteroatoms. The van der Waals surface area contributed by atoms with Gasteiger partial charge in [-0.25, -0.2) is 4.79 Å². The molecule has 1 saturated heterocycles. The molecular formula is C28H32Cl2N6O7. The molecule has 2 aliphatic rings. The van der Waals surface area contributed by atoms with Crippen LogP contribution in [-0.2, 0) is 17.8 Å². The van der Waals surface area contributed by atoms with Crippen molar-refractivity contribution in [3.05, 3.63) is 68.9 Å². The molecule has 43 heavy (non-hydrogen) atoms. The number of furan rings is 1. The predicted molar refractivity (Wildman–Crippen MR) is 158 cm³/mol. The van der Waals surface area contributed by atoms with Gasteiger partial charge >= 0.3 is 5.97 Å². The number of aliphatic carboxylic acids is 1. The van der Waals surface area contributed by atoms with E-state index in [1.165, 1.54) is 0 Å². The third-order valence-corrected chi connectivity index (χ3v) is 8.42. The number of nitrogens with zero attached hydrogens (tertiary/aromatic N) is 2. The third-order valence-electron chi connectivity index (χ3n) is 7.70. The highest BCUT2D eigenvalue weighted by Crippen LogP contribution is 2.35. The molecule has 2 aromatic carbocycles. The lowest BCUT2D eigenvalue weighted by atomic mass is 9.96. The van der Waals surface area contributed by atoms with Gasteiger partial charge in [-0.2, -0.15) is 0 Å². The van der Waals surface area contributed by atoms with Crippen molar-refractivity contribution in [1.29, 1.82) is 0 Å². The van der Waals surface area contributed by atoms with Crippen LogP contribution in [0, 0.1) is 0 Å². The number of carboxylic acids is 1. The van der Waals surface area contributed by atoms with E-state index in [-0.39, 0.29) is 54.4 Å². The van der Waals surface area contributed by atoms with Gasteiger partial charge in [0.25, 0.3) is 11.8 Å². The molecule has 4 atom stereocenters. The lowest BCUT2D eigenvalue weighted by Gasteiger charge is -2.31. The van der Waals surface area contributed by atoms with Gasteiger partial charge in [0.05, 0.1) is 34.1 Å². The van der Waals surface area contributed by atoms with E-state index in [0.717, 1.165) is 5.39 Å². The van der Waals surface area contributed by atoms with E-state index in [9.17, 15) is 29.7 Å². The summed E-state index contributed by atoms with van der Waals surface area (Å²) in [5.74, 6) is -2.26. The van der Waals surface area contributed by atoms with Crippen molar-refractivity contribution in [2.45, 2.75) is 37.5 Å². The van der Waals surface area contributed by atoms with Gasteiger partial charge < -0.3 is 35.7 Å². The van der Waals surface area contributed by atoms with E-state index in [2.05, 4.69) is 16.0 Å². The zero-order valence-electron chi connectivity index (χ0n) is 22.9. The van der Waals surface area contributed by atoms with Crippen molar-refractivity contribution in [3.8, 4) is 0 Å². The second kappa shape index (κ2) is 13.2. The molecule has 3 heterocycles. The van der Waals surface area contributed by atoms with Crippen molar-refractivity contribution >= 4 is 52.0 Å². The molecule has 1 unspecified atom stereocenters. The van der Waals surface area contributed by atoms with E-state index in [0.29, 0.717) is 35.2 Å². The van der Waals surface area contributed by atoms with Crippen molar-refractivity contribution in [3.63, 3.8) is 0 Å². The number of aliphatic hydroxyl groups is 2. The van der Waals surface area contributed by atoms with Crippen LogP contribution in [0.2, 0.25) is 10.0 Å². The second-order valence-electron chi connectivity index (χ2n) is 10.5. The molecule has 0 spiro atoms. The molecule has 0 radical (unpaired) electrons. The van der Waals surface area contributed by atoms with Crippen LogP contribution in [0.1, 0.15) is 31.8 Å². The Morgan fingerprint density at radius 2 is 1.84 bits per heavy atom. The van der Waals surface area contributed by atoms with E-state index in [4.69, 9.17) is 33.4 Å². The topological polar surface area (TPSA) is 194 Å². The number of nitrogens with two attached hydrogens (primary N) is 1. The fourth-order valence-electron chi connectivity index (χ4n) is 5.41. The monoisotopic (exact) mass is 634 g/mol. The average molecular weight is 636 g/mol. The van der Waals surface area contributed by atoms with Crippen molar-refractivity contribution in [2.24, 2.45) is 5.73 Å². The summed E-state index contributed by atoms with van der Waals surface area (Å²) in [5, 5.41) is 38.9. The summed E-state index contributed by atoms with van der Waals surface area (Å²) in [7, 11) is 0. The van der Waals surface area contributed by atoms with Gasteiger partial charge in [0.15, 0.2) is 0 Å². The minimum absolute atomic E-state index is 0.0207. The number of carbonyl (C=O) groups is 3. The fraction of sp³-hybridized carbons (Fsp3) is 0.393. The number of likely N-dealkylation sites (tertiary alicyclic amines) is 1. The quantitative estimate of drug-likeness (QED) is 0.154. The largest absolute Gasteiger partial charge is 0.480 e. The van der Waals surface area contributed by atoms with Crippen LogP contribution in [-0.4, -0.2) is 100 Å². The molecule has 8 N–H and O–H groups in total. The second-order valence-corrected chi connectivity index (χ2v) is 11.3. The molecule has 3 aromatic rings. The molecule has 5 rings (SSSR count). The maximum absolute atomic E-state index is 13.3. The van der Waals surface area contributed by atoms with Gasteiger partial charge in [0.2, 0.25) is 0 Å². The number of halogens is 2. The van der Waals surface area contributed by atoms with E-state index < -0.39 is 36.4 Å². The minimum Gasteiger partial charge on any atom is -0.480 e. The number of rotatable bonds is 10. The molecule has 1 aromatic heterocycles. The number of carbonyl (C=O) groups excluding carboxylic acids is 2. The summed E-state index contributed by atoms with van der Waals surface area (Å²) >= 11 is 13.2. The lowest BCUT2D eigenvalue weighted by molar-refractivity contribution is -0.139. The van der Waals surface area contributed by atoms with Crippen LogP contribution in [0.3, 0.4) is 0 Å². The Bertz CT molecular complexity index is 1520. The SMILES string of the molecule is NCNC(NC[C@H](NC(=O)c1c(Cl)cc2c(c1Cl)CCN(C(=O)c1ccc3ccoc3c1)C2)C(=O)O)N1C[C@@H](O)[C@H](O)C1. The smallest absolute Gasteiger partial charge is 0.327 e. The van der Waals surface area contributed by atoms with Crippen molar-refractivity contribution < 1.29 is 34.1 Å². The van der Waals surface area contributed by atoms with Crippen molar-refractivity contribution in [2.75, 3.05) is 32.8 Å². The van der Waals surface area contributed by atoms with Crippen molar-refractivity contribution in [1.82, 2.24) is 25.8 Å². The Labute approximate surface area is 256 Å². The van der Waals surface area contributed by atoms with E-state index in [1.54, 1.807) is 34.3 Å². The number of carboxylic acid groups (broad SMARTS) is 1. The van der Waals surface area contributed by atoms with Crippen LogP contribution < -0.4 is 21.7 Å². The maximum atomic E-state index is 13.3. The molecule has 230 valence electrons. The first-order valence-corrected chi connectivity index (χ1v) is 14.4. The van der Waals surface area contributed by atoms with E-state index >= 15 is 0 Å². The molecule has 2 amide bonds. The summed E-state index contributed by atoms with van der Waals surface area (Å²) in [5.41, 5.74) is 7.98. The maximum Gasteiger partial charge on any atom is 0.327 e. The first-order chi connectivity index (χ1) is 20.6. The molecule has 1 fully saturated rings. The summed E-state index contributed by atoms with van der Waals surface area (Å²) in [4.78, 5) is 41.9. The normalized spacial score (nSPS) is 20.2. The fourth-order valence-corrected chi connectivity index (χ4v) is 6.18. The number of β-amino-alcohol motifs (C(OH)–C–C–N with tert-alkyl or cyclic N) is 2. The van der Waals surface area contributed by atoms with E-state index in [1.807, 2.05) is 12.1 Å². The number of amides is 2. The first kappa shape index (κ1) is 31.2. The van der Waals surface area contributed by atoms with Crippen LogP contribution >= 0.6 is 23.2 Å². The summed E-state index contributed by atoms with van der Waals surface area (Å²) in [6.07, 6.45) is -0.652. The number of aliphatic hydroxyl groups excluding tert-OH is 2. The van der Waals surface area contributed by atoms with Gasteiger partial charge in [0, 0.05) is 50.3 Å². The van der Waals surface area contributed by atoms with Gasteiger partial charge in [0.1, 0.15) is 17.9 Å². The highest BCUT2D eigenvalue weighted by atomic mass is 35.5. The Kier molecular flexibility index (Phi) is 9.54. The summed E-state index contributed by atoms with van der Waals surface area (Å²) in [6, 6.07) is 7.26. The Morgan fingerprint density at radius 3 is 2.53 bits per heavy atom. The molecule has 0 saturated carbocycles. The standard InChI is InChI=1S/C28H32Cl2N6O7/c29-18-7-16-10-35(26(40)15-2-1-14-4-6-43-22(14)8-15)5-3-17(16)24(30)23(18)25(39)34-19(27(41)42)9-32-28(33-13-31)36-11-20(37)21(38)12-36/h1-2,4,6-8,19-21,28,32-33,37-38H,3,5,9-13,31H2,(H,34,39)(H,41,42)/t19-,20+,21+,28?/m0/s1. The molecular weight excluding hydrogens is 603 g/mol. The molecule has 2 aliphatic heterocycles. The van der Waals surface area contributed by atoms with Crippen LogP contribution in [0.5, 0.6) is 0 Å². The number of hydrogen-bond acceptors (Lipinski definition) is 10. The van der Waals surface area contributed by atoms with Gasteiger partial charge in [-0.05, 0) is 41.8 Å². The Morgan fingerprint density at radius 1 is 1.09 bits per heavy atom. The van der Waals surface area contributed by atoms with Gasteiger partial charge in [-0.15, -0.1) is 0 Å². The third kappa shape index (κ3) is 6.64. The summed E-state index contributed by atoms with van der Waals surface area (Å²) in [6.45, 7) is 0.664. The lowest BCUT2D eigenvalue weighted by Crippen LogP contribution is -2.59. The number of fused-ring (bicyclic) bond motifs is 2. The Balaban J connectivity index is 1.27. The highest BCUT2D eigenvalue weighted by Gasteiger charge is 2.35. The first-order valence-electron chi connectivity index (χ1n) is 13.6. The number of nitrogens with one attached hydrogen (secondary N) is 3. The van der Waals surface area contributed by atoms with Gasteiger partial charge in [-0.3, -0.25) is 25.1 Å². The number of benzene rings is 2. The molecule has 13 nitrogen and oxygen atoms in total. The summed E-state index contributed by atoms with van der Waals surface area (Å²) < 4.78 is 5.42. The van der Waals surface area contributed by atoms with Crippen LogP contribution in [0.25, 0.3) is 11.0 Å². The molecule has 0 aliphatic carbocycles. The Hall–Kier alpha value is -3.27. The average Bonchev–Trinajstić information content (AvgIpc) is 3.58. The van der Waals surface area contributed by atoms with Gasteiger partial charge in [-0.1, -0.05) is 29.3 Å². The van der Waals surface area contributed by atoms with Crippen LogP contribution in [0.4, 0.5) is 0 Å². The van der Waals surface area contributed by atoms with Crippen LogP contribution in [0.15, 0.2) is 41.0 Å².